The molecule has 10 nitrogen and oxygen atoms in total. The fraction of sp³-hybridized carbons (Fsp3) is 0.667. The molecule has 2 aromatic heterocycles. The molecule has 160 valence electrons. The number of aromatic nitrogens is 4. The molecule has 0 aromatic carbocycles. The summed E-state index contributed by atoms with van der Waals surface area (Å²) in [5.74, 6) is 2.20. The van der Waals surface area contributed by atoms with Crippen LogP contribution in [-0.4, -0.2) is 64.8 Å². The Labute approximate surface area is 172 Å². The molecule has 11 heteroatoms. The maximum absolute atomic E-state index is 12.0. The Morgan fingerprint density at radius 1 is 1.17 bits per heavy atom. The number of nitrogens with two attached hydrogens (primary N) is 1. The lowest BCUT2D eigenvalue weighted by atomic mass is 9.89. The van der Waals surface area contributed by atoms with E-state index in [9.17, 15) is 8.42 Å². The van der Waals surface area contributed by atoms with Crippen molar-refractivity contribution in [3.05, 3.63) is 12.1 Å². The maximum Gasteiger partial charge on any atom is 0.270 e. The third-order valence-electron chi connectivity index (χ3n) is 5.71. The van der Waals surface area contributed by atoms with Crippen LogP contribution in [0.15, 0.2) is 10.6 Å². The first-order valence-electron chi connectivity index (χ1n) is 10.2. The molecular formula is C18H29N7O3S. The number of anilines is 2. The highest BCUT2D eigenvalue weighted by atomic mass is 32.2. The van der Waals surface area contributed by atoms with E-state index in [4.69, 9.17) is 10.2 Å². The molecule has 1 saturated carbocycles. The van der Waals surface area contributed by atoms with Crippen LogP contribution in [0.4, 0.5) is 11.6 Å². The summed E-state index contributed by atoms with van der Waals surface area (Å²) in [5.41, 5.74) is 6.40. The van der Waals surface area contributed by atoms with E-state index in [1.807, 2.05) is 4.90 Å². The van der Waals surface area contributed by atoms with Gasteiger partial charge in [-0.15, -0.1) is 10.2 Å². The molecule has 2 aromatic rings. The summed E-state index contributed by atoms with van der Waals surface area (Å²) in [6, 6.07) is 0. The molecule has 0 unspecified atom stereocenters. The van der Waals surface area contributed by atoms with Gasteiger partial charge in [0, 0.05) is 33.5 Å². The Hall–Kier alpha value is -2.27. The summed E-state index contributed by atoms with van der Waals surface area (Å²) in [4.78, 5) is 10.9. The Morgan fingerprint density at radius 2 is 1.90 bits per heavy atom. The standard InChI is InChI=1S/C18H27N7O3S.H2/c1-2-29(26,27)25-10-8-24(9-11-25)14-12-20-16(19)15(21-14)18-23-22-17(28-18)13-6-4-3-5-7-13;/h12-13H,2-11H2,1H3,(H2,19,20);1H. The Balaban J connectivity index is 0.00000256. The lowest BCUT2D eigenvalue weighted by Crippen LogP contribution is -2.49. The van der Waals surface area contributed by atoms with Crippen molar-refractivity contribution in [2.24, 2.45) is 0 Å². The van der Waals surface area contributed by atoms with Crippen LogP contribution in [0.2, 0.25) is 0 Å². The summed E-state index contributed by atoms with van der Waals surface area (Å²) in [7, 11) is -3.18. The van der Waals surface area contributed by atoms with Crippen LogP contribution in [-0.2, 0) is 10.0 Å². The minimum atomic E-state index is -3.18. The molecule has 0 amide bonds. The van der Waals surface area contributed by atoms with Crippen LogP contribution in [0, 0.1) is 0 Å². The fourth-order valence-electron chi connectivity index (χ4n) is 3.92. The zero-order chi connectivity index (χ0) is 20.4. The van der Waals surface area contributed by atoms with Gasteiger partial charge in [0.15, 0.2) is 11.5 Å². The lowest BCUT2D eigenvalue weighted by Gasteiger charge is -2.34. The largest absolute Gasteiger partial charge is 0.419 e. The van der Waals surface area contributed by atoms with Crippen molar-refractivity contribution >= 4 is 21.7 Å². The molecular weight excluding hydrogens is 394 g/mol. The summed E-state index contributed by atoms with van der Waals surface area (Å²) >= 11 is 0. The van der Waals surface area contributed by atoms with Crippen molar-refractivity contribution in [3.63, 3.8) is 0 Å². The summed E-state index contributed by atoms with van der Waals surface area (Å²) in [6.45, 7) is 3.57. The second-order valence-corrected chi connectivity index (χ2v) is 9.79. The first-order chi connectivity index (χ1) is 14.0. The monoisotopic (exact) mass is 423 g/mol. The summed E-state index contributed by atoms with van der Waals surface area (Å²) in [6.07, 6.45) is 7.34. The molecule has 0 atom stereocenters. The molecule has 0 spiro atoms. The molecule has 3 heterocycles. The van der Waals surface area contributed by atoms with Gasteiger partial charge in [-0.1, -0.05) is 19.3 Å². The average Bonchev–Trinajstić information content (AvgIpc) is 3.25. The SMILES string of the molecule is CCS(=O)(=O)N1CCN(c2cnc(N)c(-c3nnc(C4CCCCC4)o3)n2)CC1.[HH]. The molecule has 2 fully saturated rings. The number of nitrogen functional groups attached to an aromatic ring is 1. The zero-order valence-electron chi connectivity index (χ0n) is 16.6. The van der Waals surface area contributed by atoms with Gasteiger partial charge in [0.05, 0.1) is 11.9 Å². The second-order valence-electron chi connectivity index (χ2n) is 7.53. The van der Waals surface area contributed by atoms with E-state index < -0.39 is 10.0 Å². The van der Waals surface area contributed by atoms with Crippen LogP contribution in [0.1, 0.15) is 52.3 Å². The Morgan fingerprint density at radius 3 is 2.59 bits per heavy atom. The number of rotatable bonds is 5. The van der Waals surface area contributed by atoms with E-state index in [2.05, 4.69) is 20.2 Å². The van der Waals surface area contributed by atoms with Gasteiger partial charge in [0.25, 0.3) is 5.89 Å². The van der Waals surface area contributed by atoms with Crippen molar-refractivity contribution < 1.29 is 14.3 Å². The number of sulfonamides is 1. The van der Waals surface area contributed by atoms with Gasteiger partial charge < -0.3 is 15.1 Å². The third kappa shape index (κ3) is 4.20. The third-order valence-corrected chi connectivity index (χ3v) is 7.59. The van der Waals surface area contributed by atoms with Gasteiger partial charge in [-0.05, 0) is 19.8 Å². The van der Waals surface area contributed by atoms with E-state index in [0.29, 0.717) is 49.5 Å². The van der Waals surface area contributed by atoms with E-state index in [1.54, 1.807) is 13.1 Å². The fourth-order valence-corrected chi connectivity index (χ4v) is 5.01. The Kier molecular flexibility index (Phi) is 5.68. The van der Waals surface area contributed by atoms with Gasteiger partial charge in [0.1, 0.15) is 5.82 Å². The molecule has 29 heavy (non-hydrogen) atoms. The van der Waals surface area contributed by atoms with Crippen molar-refractivity contribution in [2.75, 3.05) is 42.6 Å². The number of hydrogen-bond donors (Lipinski definition) is 1. The molecule has 1 aliphatic carbocycles. The smallest absolute Gasteiger partial charge is 0.270 e. The van der Waals surface area contributed by atoms with Crippen LogP contribution in [0.25, 0.3) is 11.6 Å². The first kappa shape index (κ1) is 20.0. The predicted molar refractivity (Wildman–Crippen MR) is 111 cm³/mol. The minimum absolute atomic E-state index is 0. The number of hydrogen-bond acceptors (Lipinski definition) is 9. The quantitative estimate of drug-likeness (QED) is 0.765. The molecule has 1 aliphatic heterocycles. The molecule has 0 radical (unpaired) electrons. The van der Waals surface area contributed by atoms with E-state index in [1.165, 1.54) is 23.6 Å². The predicted octanol–water partition coefficient (Wildman–Crippen LogP) is 1.87. The van der Waals surface area contributed by atoms with Crippen molar-refractivity contribution in [2.45, 2.75) is 44.9 Å². The molecule has 4 rings (SSSR count). The Bertz CT molecular complexity index is 954. The first-order valence-corrected chi connectivity index (χ1v) is 11.8. The molecule has 2 N–H and O–H groups in total. The van der Waals surface area contributed by atoms with E-state index in [-0.39, 0.29) is 18.9 Å². The highest BCUT2D eigenvalue weighted by Crippen LogP contribution is 2.33. The lowest BCUT2D eigenvalue weighted by molar-refractivity contribution is 0.367. The topological polar surface area (TPSA) is 131 Å². The van der Waals surface area contributed by atoms with Gasteiger partial charge in [0.2, 0.25) is 15.9 Å². The summed E-state index contributed by atoms with van der Waals surface area (Å²) in [5, 5.41) is 8.38. The van der Waals surface area contributed by atoms with Crippen molar-refractivity contribution in [1.82, 2.24) is 24.5 Å². The van der Waals surface area contributed by atoms with Crippen molar-refractivity contribution in [1.29, 1.82) is 0 Å². The highest BCUT2D eigenvalue weighted by Gasteiger charge is 2.27. The number of nitrogens with zero attached hydrogens (tertiary/aromatic N) is 6. The number of piperazine rings is 1. The van der Waals surface area contributed by atoms with Crippen molar-refractivity contribution in [3.8, 4) is 11.6 Å². The van der Waals surface area contributed by atoms with Crippen LogP contribution in [0.3, 0.4) is 0 Å². The van der Waals surface area contributed by atoms with E-state index in [0.717, 1.165) is 12.8 Å². The molecule has 2 aliphatic rings. The minimum Gasteiger partial charge on any atom is -0.419 e. The maximum atomic E-state index is 12.0. The highest BCUT2D eigenvalue weighted by molar-refractivity contribution is 7.89. The van der Waals surface area contributed by atoms with Gasteiger partial charge in [-0.25, -0.2) is 18.4 Å². The van der Waals surface area contributed by atoms with Gasteiger partial charge in [-0.3, -0.25) is 0 Å². The second kappa shape index (κ2) is 8.23. The zero-order valence-corrected chi connectivity index (χ0v) is 17.4. The van der Waals surface area contributed by atoms with Crippen LogP contribution >= 0.6 is 0 Å². The molecule has 0 bridgehead atoms. The van der Waals surface area contributed by atoms with Crippen LogP contribution < -0.4 is 10.6 Å². The summed E-state index contributed by atoms with van der Waals surface area (Å²) < 4.78 is 31.5. The molecule has 1 saturated heterocycles. The van der Waals surface area contributed by atoms with E-state index >= 15 is 0 Å². The van der Waals surface area contributed by atoms with Gasteiger partial charge >= 0.3 is 0 Å². The van der Waals surface area contributed by atoms with Gasteiger partial charge in [-0.2, -0.15) is 4.31 Å². The normalized spacial score (nSPS) is 19.6. The van der Waals surface area contributed by atoms with Crippen LogP contribution in [0.5, 0.6) is 0 Å². The average molecular weight is 424 g/mol.